The van der Waals surface area contributed by atoms with Gasteiger partial charge in [-0.1, -0.05) is 25.7 Å². The maximum absolute atomic E-state index is 14.0. The molecule has 2 saturated carbocycles. The lowest BCUT2D eigenvalue weighted by Gasteiger charge is -2.34. The third kappa shape index (κ3) is 6.15. The van der Waals surface area contributed by atoms with Crippen LogP contribution in [0.2, 0.25) is 0 Å². The van der Waals surface area contributed by atoms with Gasteiger partial charge in [0, 0.05) is 25.6 Å². The number of nitrogens with one attached hydrogen (secondary N) is 2. The van der Waals surface area contributed by atoms with E-state index in [0.717, 1.165) is 30.6 Å². The van der Waals surface area contributed by atoms with Crippen LogP contribution < -0.4 is 15.4 Å². The Morgan fingerprint density at radius 3 is 2.50 bits per heavy atom. The van der Waals surface area contributed by atoms with Crippen LogP contribution in [0.15, 0.2) is 18.2 Å². The van der Waals surface area contributed by atoms with Crippen molar-refractivity contribution in [2.45, 2.75) is 81.4 Å². The molecule has 1 aromatic carbocycles. The minimum atomic E-state index is -5.18. The molecule has 3 fully saturated rings. The van der Waals surface area contributed by atoms with Gasteiger partial charge >= 0.3 is 12.1 Å². The number of ether oxygens (including phenoxy) is 1. The van der Waals surface area contributed by atoms with E-state index >= 15 is 0 Å². The number of carbonyl (C=O) groups excluding carboxylic acids is 4. The minimum Gasteiger partial charge on any atom is -0.475 e. The van der Waals surface area contributed by atoms with Crippen LogP contribution in [-0.2, 0) is 25.7 Å². The zero-order chi connectivity index (χ0) is 30.4. The summed E-state index contributed by atoms with van der Waals surface area (Å²) in [6.45, 7) is -0.349. The van der Waals surface area contributed by atoms with E-state index in [2.05, 4.69) is 5.32 Å². The van der Waals surface area contributed by atoms with Crippen LogP contribution in [0.4, 0.5) is 17.6 Å². The zero-order valence-corrected chi connectivity index (χ0v) is 22.9. The van der Waals surface area contributed by atoms with Gasteiger partial charge in [-0.25, -0.2) is 4.39 Å². The van der Waals surface area contributed by atoms with Crippen molar-refractivity contribution in [3.05, 3.63) is 29.6 Å². The Hall–Kier alpha value is -3.89. The van der Waals surface area contributed by atoms with Gasteiger partial charge in [0.15, 0.2) is 0 Å². The SMILES string of the molecule is CN(C(=O)[C@H](CC1CC1)NC(=O)C(F)(F)F)[C@@H](CC1CC1)C(=O)N1C[C@@]2(C[C@H]1C#N)Oc1ccc(F)cc1CNC2=O. The summed E-state index contributed by atoms with van der Waals surface area (Å²) in [5, 5.41) is 14.4. The number of amides is 4. The van der Waals surface area contributed by atoms with Crippen LogP contribution in [0.1, 0.15) is 50.5 Å². The normalized spacial score (nSPS) is 24.9. The number of rotatable bonds is 8. The summed E-state index contributed by atoms with van der Waals surface area (Å²) >= 11 is 0. The molecule has 42 heavy (non-hydrogen) atoms. The number of nitriles is 1. The fourth-order valence-corrected chi connectivity index (χ4v) is 5.67. The third-order valence-corrected chi connectivity index (χ3v) is 8.42. The van der Waals surface area contributed by atoms with E-state index in [0.29, 0.717) is 5.56 Å². The molecular weight excluding hydrogens is 562 g/mol. The minimum absolute atomic E-state index is 0.0109. The van der Waals surface area contributed by atoms with E-state index in [1.54, 1.807) is 5.32 Å². The predicted octanol–water partition coefficient (Wildman–Crippen LogP) is 2.17. The molecule has 2 N–H and O–H groups in total. The monoisotopic (exact) mass is 593 g/mol. The summed E-state index contributed by atoms with van der Waals surface area (Å²) in [5.74, 6) is -4.51. The van der Waals surface area contributed by atoms with Crippen LogP contribution >= 0.6 is 0 Å². The Morgan fingerprint density at radius 1 is 1.21 bits per heavy atom. The lowest BCUT2D eigenvalue weighted by molar-refractivity contribution is -0.175. The van der Waals surface area contributed by atoms with Crippen molar-refractivity contribution in [1.82, 2.24) is 20.4 Å². The van der Waals surface area contributed by atoms with Crippen molar-refractivity contribution in [3.63, 3.8) is 0 Å². The molecule has 0 bridgehead atoms. The molecule has 1 saturated heterocycles. The van der Waals surface area contributed by atoms with Gasteiger partial charge in [0.05, 0.1) is 12.6 Å². The molecule has 226 valence electrons. The van der Waals surface area contributed by atoms with Gasteiger partial charge in [-0.05, 0) is 42.9 Å². The number of carbonyl (C=O) groups is 4. The Kier molecular flexibility index (Phi) is 7.80. The van der Waals surface area contributed by atoms with Crippen LogP contribution in [0.25, 0.3) is 0 Å². The van der Waals surface area contributed by atoms with Crippen molar-refractivity contribution < 1.29 is 41.5 Å². The van der Waals surface area contributed by atoms with E-state index in [9.17, 15) is 42.0 Å². The van der Waals surface area contributed by atoms with Crippen molar-refractivity contribution >= 4 is 23.6 Å². The van der Waals surface area contributed by atoms with Crippen molar-refractivity contribution in [3.8, 4) is 11.8 Å². The number of likely N-dealkylation sites (N-methyl/N-ethyl adjacent to an activating group) is 1. The molecule has 4 amide bonds. The second kappa shape index (κ2) is 11.1. The number of fused-ring (bicyclic) bond motifs is 1. The Bertz CT molecular complexity index is 1320. The lowest BCUT2D eigenvalue weighted by Crippen LogP contribution is -2.58. The second-order valence-corrected chi connectivity index (χ2v) is 11.7. The van der Waals surface area contributed by atoms with Crippen LogP contribution in [0.5, 0.6) is 5.75 Å². The number of hydrogen-bond donors (Lipinski definition) is 2. The average molecular weight is 594 g/mol. The van der Waals surface area contributed by atoms with E-state index in [-0.39, 0.29) is 49.9 Å². The van der Waals surface area contributed by atoms with E-state index < -0.39 is 59.3 Å². The molecule has 1 spiro atoms. The molecule has 4 aliphatic rings. The molecule has 0 unspecified atom stereocenters. The topological polar surface area (TPSA) is 132 Å². The van der Waals surface area contributed by atoms with E-state index in [1.165, 1.54) is 30.1 Å². The van der Waals surface area contributed by atoms with Gasteiger partial charge in [-0.3, -0.25) is 19.2 Å². The first-order valence-electron chi connectivity index (χ1n) is 13.9. The third-order valence-electron chi connectivity index (χ3n) is 8.42. The summed E-state index contributed by atoms with van der Waals surface area (Å²) in [6.07, 6.45) is -2.11. The number of hydrogen-bond acceptors (Lipinski definition) is 6. The fourth-order valence-electron chi connectivity index (χ4n) is 5.67. The van der Waals surface area contributed by atoms with E-state index in [4.69, 9.17) is 4.74 Å². The summed E-state index contributed by atoms with van der Waals surface area (Å²) in [7, 11) is 1.31. The van der Waals surface area contributed by atoms with Gasteiger partial charge in [0.2, 0.25) is 17.4 Å². The van der Waals surface area contributed by atoms with Crippen molar-refractivity contribution in [2.75, 3.05) is 13.6 Å². The maximum Gasteiger partial charge on any atom is 0.471 e. The highest BCUT2D eigenvalue weighted by molar-refractivity contribution is 5.94. The molecule has 2 aliphatic carbocycles. The Balaban J connectivity index is 1.39. The molecule has 1 aromatic rings. The van der Waals surface area contributed by atoms with Crippen molar-refractivity contribution in [2.24, 2.45) is 11.8 Å². The fraction of sp³-hybridized carbons (Fsp3) is 0.607. The quantitative estimate of drug-likeness (QED) is 0.445. The summed E-state index contributed by atoms with van der Waals surface area (Å²) in [6, 6.07) is 2.06. The number of likely N-dealkylation sites (tertiary alicyclic amines) is 1. The highest BCUT2D eigenvalue weighted by atomic mass is 19.4. The molecule has 2 aliphatic heterocycles. The molecule has 0 radical (unpaired) electrons. The average Bonchev–Trinajstić information content (AvgIpc) is 3.88. The number of alkyl halides is 3. The number of halogens is 4. The summed E-state index contributed by atoms with van der Waals surface area (Å²) in [4.78, 5) is 54.8. The second-order valence-electron chi connectivity index (χ2n) is 11.7. The standard InChI is InChI=1S/C28H31F4N5O5/c1-36(23(38)20(8-15-2-3-15)35-26(41)28(30,31)32)21(9-16-4-5-16)24(39)37-14-27(11-19(37)12-33)25(40)34-13-17-10-18(29)6-7-22(17)42-27/h6-7,10,15-16,19-21H,2-5,8-9,11,13-14H2,1H3,(H,34,40)(H,35,41)/t19-,20-,21-,27+/m0/s1. The molecule has 5 rings (SSSR count). The highest BCUT2D eigenvalue weighted by Gasteiger charge is 2.56. The number of benzene rings is 1. The zero-order valence-electron chi connectivity index (χ0n) is 22.9. The summed E-state index contributed by atoms with van der Waals surface area (Å²) < 4.78 is 59.0. The molecule has 2 heterocycles. The lowest BCUT2D eigenvalue weighted by atomic mass is 9.99. The van der Waals surface area contributed by atoms with Gasteiger partial charge in [0.25, 0.3) is 5.91 Å². The van der Waals surface area contributed by atoms with Gasteiger partial charge in [-0.15, -0.1) is 0 Å². The van der Waals surface area contributed by atoms with Crippen LogP contribution in [0, 0.1) is 29.0 Å². The van der Waals surface area contributed by atoms with Crippen LogP contribution in [-0.4, -0.2) is 76.9 Å². The molecule has 10 nitrogen and oxygen atoms in total. The van der Waals surface area contributed by atoms with Gasteiger partial charge in [-0.2, -0.15) is 18.4 Å². The highest BCUT2D eigenvalue weighted by Crippen LogP contribution is 2.40. The van der Waals surface area contributed by atoms with Gasteiger partial charge < -0.3 is 25.2 Å². The predicted molar refractivity (Wildman–Crippen MR) is 137 cm³/mol. The Morgan fingerprint density at radius 2 is 1.88 bits per heavy atom. The summed E-state index contributed by atoms with van der Waals surface area (Å²) in [5.41, 5.74) is -1.26. The first-order chi connectivity index (χ1) is 19.8. The smallest absolute Gasteiger partial charge is 0.471 e. The first kappa shape index (κ1) is 29.6. The number of nitrogens with zero attached hydrogens (tertiary/aromatic N) is 3. The molecule has 4 atom stereocenters. The molecular formula is C28H31F4N5O5. The van der Waals surface area contributed by atoms with E-state index in [1.807, 2.05) is 6.07 Å². The molecule has 14 heteroatoms. The largest absolute Gasteiger partial charge is 0.475 e. The Labute approximate surface area is 239 Å². The van der Waals surface area contributed by atoms with Gasteiger partial charge in [0.1, 0.15) is 29.7 Å². The van der Waals surface area contributed by atoms with Crippen molar-refractivity contribution in [1.29, 1.82) is 5.26 Å². The molecule has 0 aromatic heterocycles. The van der Waals surface area contributed by atoms with Crippen LogP contribution in [0.3, 0.4) is 0 Å². The maximum atomic E-state index is 14.0. The first-order valence-corrected chi connectivity index (χ1v) is 13.9.